The van der Waals surface area contributed by atoms with Gasteiger partial charge in [0.1, 0.15) is 10.8 Å². The van der Waals surface area contributed by atoms with E-state index in [9.17, 15) is 4.79 Å². The van der Waals surface area contributed by atoms with Crippen LogP contribution < -0.4 is 19.5 Å². The van der Waals surface area contributed by atoms with Crippen molar-refractivity contribution < 1.29 is 19.0 Å². The number of carbonyl (C=O) groups excluding carboxylic acids is 1. The lowest BCUT2D eigenvalue weighted by Gasteiger charge is -2.10. The number of hydrogen-bond acceptors (Lipinski definition) is 7. The summed E-state index contributed by atoms with van der Waals surface area (Å²) in [4.78, 5) is 16.9. The van der Waals surface area contributed by atoms with Gasteiger partial charge < -0.3 is 19.5 Å². The molecule has 4 aromatic rings. The monoisotopic (exact) mass is 464 g/mol. The molecule has 2 heterocycles. The number of rotatable bonds is 9. The number of hydrogen-bond donors (Lipinski definition) is 1. The van der Waals surface area contributed by atoms with Gasteiger partial charge in [0.25, 0.3) is 0 Å². The van der Waals surface area contributed by atoms with Gasteiger partial charge in [-0.1, -0.05) is 17.8 Å². The zero-order chi connectivity index (χ0) is 23.2. The predicted octanol–water partition coefficient (Wildman–Crippen LogP) is 3.83. The van der Waals surface area contributed by atoms with Gasteiger partial charge in [0, 0.05) is 24.5 Å². The molecule has 170 valence electrons. The van der Waals surface area contributed by atoms with Crippen LogP contribution in [0.25, 0.3) is 16.8 Å². The summed E-state index contributed by atoms with van der Waals surface area (Å²) in [6, 6.07) is 15.3. The molecule has 2 aromatic carbocycles. The minimum Gasteiger partial charge on any atom is -0.497 e. The van der Waals surface area contributed by atoms with Crippen LogP contribution in [0, 0.1) is 0 Å². The molecule has 0 atom stereocenters. The molecule has 0 saturated carbocycles. The predicted molar refractivity (Wildman–Crippen MR) is 127 cm³/mol. The van der Waals surface area contributed by atoms with E-state index in [2.05, 4.69) is 15.4 Å². The third-order valence-corrected chi connectivity index (χ3v) is 6.01. The molecule has 0 saturated heterocycles. The molecule has 1 N–H and O–H groups in total. The Hall–Kier alpha value is -3.72. The Labute approximate surface area is 195 Å². The average molecular weight is 465 g/mol. The largest absolute Gasteiger partial charge is 0.497 e. The number of thioether (sulfide) groups is 1. The normalized spacial score (nSPS) is 10.8. The van der Waals surface area contributed by atoms with E-state index in [0.29, 0.717) is 18.0 Å². The van der Waals surface area contributed by atoms with Crippen LogP contribution in [0.1, 0.15) is 5.56 Å². The van der Waals surface area contributed by atoms with E-state index in [4.69, 9.17) is 14.2 Å². The van der Waals surface area contributed by atoms with Crippen molar-refractivity contribution in [1.29, 1.82) is 0 Å². The van der Waals surface area contributed by atoms with Crippen molar-refractivity contribution in [3.8, 4) is 28.5 Å². The lowest BCUT2D eigenvalue weighted by atomic mass is 10.1. The van der Waals surface area contributed by atoms with E-state index >= 15 is 0 Å². The van der Waals surface area contributed by atoms with E-state index in [0.717, 1.165) is 33.1 Å². The van der Waals surface area contributed by atoms with Gasteiger partial charge in [-0.05, 0) is 48.0 Å². The minimum absolute atomic E-state index is 0.0894. The maximum atomic E-state index is 12.4. The SMILES string of the molecule is COc1ccc(-c2cc3c(SCC(=O)NCc4ccc(OC)c(OC)c4)nccn3n2)cc1. The van der Waals surface area contributed by atoms with E-state index in [1.807, 2.05) is 48.5 Å². The van der Waals surface area contributed by atoms with Gasteiger partial charge in [-0.2, -0.15) is 5.10 Å². The second kappa shape index (κ2) is 10.3. The van der Waals surface area contributed by atoms with Gasteiger partial charge in [-0.3, -0.25) is 4.79 Å². The summed E-state index contributed by atoms with van der Waals surface area (Å²) >= 11 is 1.37. The third kappa shape index (κ3) is 5.20. The molecule has 0 aliphatic carbocycles. The second-order valence-electron chi connectivity index (χ2n) is 7.08. The van der Waals surface area contributed by atoms with Crippen LogP contribution in [0.4, 0.5) is 0 Å². The van der Waals surface area contributed by atoms with Gasteiger partial charge in [-0.15, -0.1) is 0 Å². The fraction of sp³-hybridized carbons (Fsp3) is 0.208. The van der Waals surface area contributed by atoms with E-state index < -0.39 is 0 Å². The van der Waals surface area contributed by atoms with E-state index in [1.54, 1.807) is 38.2 Å². The summed E-state index contributed by atoms with van der Waals surface area (Å²) in [5.41, 5.74) is 3.57. The highest BCUT2D eigenvalue weighted by Gasteiger charge is 2.12. The molecular weight excluding hydrogens is 440 g/mol. The number of nitrogens with zero attached hydrogens (tertiary/aromatic N) is 3. The van der Waals surface area contributed by atoms with Crippen LogP contribution in [0.3, 0.4) is 0 Å². The molecule has 2 aromatic heterocycles. The molecule has 0 unspecified atom stereocenters. The van der Waals surface area contributed by atoms with Gasteiger partial charge in [0.2, 0.25) is 5.91 Å². The zero-order valence-electron chi connectivity index (χ0n) is 18.6. The molecule has 4 rings (SSSR count). The molecule has 1 amide bonds. The summed E-state index contributed by atoms with van der Waals surface area (Å²) < 4.78 is 17.5. The summed E-state index contributed by atoms with van der Waals surface area (Å²) in [7, 11) is 4.81. The highest BCUT2D eigenvalue weighted by atomic mass is 32.2. The molecule has 0 radical (unpaired) electrons. The van der Waals surface area contributed by atoms with Crippen molar-refractivity contribution in [2.75, 3.05) is 27.1 Å². The lowest BCUT2D eigenvalue weighted by Crippen LogP contribution is -2.24. The van der Waals surface area contributed by atoms with Crippen LogP contribution in [-0.2, 0) is 11.3 Å². The number of fused-ring (bicyclic) bond motifs is 1. The number of nitrogens with one attached hydrogen (secondary N) is 1. The first kappa shape index (κ1) is 22.5. The molecule has 0 spiro atoms. The van der Waals surface area contributed by atoms with Crippen molar-refractivity contribution in [3.05, 3.63) is 66.5 Å². The summed E-state index contributed by atoms with van der Waals surface area (Å²) in [6.07, 6.45) is 3.48. The Morgan fingerprint density at radius 3 is 2.52 bits per heavy atom. The maximum Gasteiger partial charge on any atom is 0.230 e. The molecule has 8 nitrogen and oxygen atoms in total. The standard InChI is InChI=1S/C24H24N4O4S/c1-30-18-7-5-17(6-8-18)19-13-20-24(25-10-11-28(20)27-19)33-15-23(29)26-14-16-4-9-21(31-2)22(12-16)32-3/h4-13H,14-15H2,1-3H3,(H,26,29). The number of amides is 1. The molecule has 0 aliphatic rings. The molecule has 33 heavy (non-hydrogen) atoms. The van der Waals surface area contributed by atoms with Gasteiger partial charge in [0.15, 0.2) is 11.5 Å². The fourth-order valence-electron chi connectivity index (χ4n) is 3.29. The number of methoxy groups -OCH3 is 3. The Bertz CT molecular complexity index is 1260. The Kier molecular flexibility index (Phi) is 6.99. The van der Waals surface area contributed by atoms with E-state index in [1.165, 1.54) is 11.8 Å². The van der Waals surface area contributed by atoms with Crippen LogP contribution in [0.15, 0.2) is 66.0 Å². The first-order valence-corrected chi connectivity index (χ1v) is 11.2. The topological polar surface area (TPSA) is 87.0 Å². The van der Waals surface area contributed by atoms with Crippen molar-refractivity contribution in [2.45, 2.75) is 11.6 Å². The van der Waals surface area contributed by atoms with Crippen LogP contribution in [0.2, 0.25) is 0 Å². The second-order valence-corrected chi connectivity index (χ2v) is 8.04. The highest BCUT2D eigenvalue weighted by molar-refractivity contribution is 8.00. The molecule has 9 heteroatoms. The van der Waals surface area contributed by atoms with Crippen LogP contribution in [0.5, 0.6) is 17.2 Å². The van der Waals surface area contributed by atoms with Crippen molar-refractivity contribution in [1.82, 2.24) is 19.9 Å². The van der Waals surface area contributed by atoms with Crippen molar-refractivity contribution >= 4 is 23.2 Å². The van der Waals surface area contributed by atoms with Gasteiger partial charge in [0.05, 0.1) is 38.3 Å². The Balaban J connectivity index is 1.40. The summed E-state index contributed by atoms with van der Waals surface area (Å²) in [5, 5.41) is 8.30. The first-order chi connectivity index (χ1) is 16.1. The van der Waals surface area contributed by atoms with Gasteiger partial charge >= 0.3 is 0 Å². The third-order valence-electron chi connectivity index (χ3n) is 5.02. The quantitative estimate of drug-likeness (QED) is 0.377. The zero-order valence-corrected chi connectivity index (χ0v) is 19.4. The molecule has 0 bridgehead atoms. The smallest absolute Gasteiger partial charge is 0.230 e. The van der Waals surface area contributed by atoms with E-state index in [-0.39, 0.29) is 11.7 Å². The Morgan fingerprint density at radius 1 is 1.00 bits per heavy atom. The summed E-state index contributed by atoms with van der Waals surface area (Å²) in [5.74, 6) is 2.22. The van der Waals surface area contributed by atoms with Crippen molar-refractivity contribution in [3.63, 3.8) is 0 Å². The number of aromatic nitrogens is 3. The molecular formula is C24H24N4O4S. The van der Waals surface area contributed by atoms with Gasteiger partial charge in [-0.25, -0.2) is 9.50 Å². The molecule has 0 fully saturated rings. The highest BCUT2D eigenvalue weighted by Crippen LogP contribution is 2.28. The molecule has 0 aliphatic heterocycles. The minimum atomic E-state index is -0.0894. The van der Waals surface area contributed by atoms with Crippen LogP contribution >= 0.6 is 11.8 Å². The number of ether oxygens (including phenoxy) is 3. The number of carbonyl (C=O) groups is 1. The average Bonchev–Trinajstić information content (AvgIpc) is 3.31. The van der Waals surface area contributed by atoms with Crippen molar-refractivity contribution in [2.24, 2.45) is 0 Å². The number of benzene rings is 2. The Morgan fingerprint density at radius 2 is 1.79 bits per heavy atom. The first-order valence-electron chi connectivity index (χ1n) is 10.2. The van der Waals surface area contributed by atoms with Crippen LogP contribution in [-0.4, -0.2) is 47.6 Å². The lowest BCUT2D eigenvalue weighted by molar-refractivity contribution is -0.118. The summed E-state index contributed by atoms with van der Waals surface area (Å²) in [6.45, 7) is 0.395. The fourth-order valence-corrected chi connectivity index (χ4v) is 4.09. The maximum absolute atomic E-state index is 12.4.